The van der Waals surface area contributed by atoms with Gasteiger partial charge in [-0.25, -0.2) is 0 Å². The van der Waals surface area contributed by atoms with Crippen LogP contribution in [0.4, 0.5) is 5.69 Å². The van der Waals surface area contributed by atoms with Gasteiger partial charge in [0, 0.05) is 6.04 Å². The van der Waals surface area contributed by atoms with E-state index in [4.69, 9.17) is 0 Å². The lowest BCUT2D eigenvalue weighted by atomic mass is 10.1. The van der Waals surface area contributed by atoms with Gasteiger partial charge in [-0.05, 0) is 31.2 Å². The summed E-state index contributed by atoms with van der Waals surface area (Å²) >= 11 is 1.46. The molecule has 1 fully saturated rings. The van der Waals surface area contributed by atoms with E-state index in [1.807, 2.05) is 18.4 Å². The van der Waals surface area contributed by atoms with Gasteiger partial charge in [0.15, 0.2) is 0 Å². The summed E-state index contributed by atoms with van der Waals surface area (Å²) in [5.41, 5.74) is 1.12. The van der Waals surface area contributed by atoms with E-state index in [9.17, 15) is 9.59 Å². The standard InChI is InChI=1S/C15H20N2O2S/c1-20-10-14(18)17-13-9-5-4-8-12(13)15(19)16-11-6-2-3-7-11/h4-5,8-9,11H,2-3,6-7,10H2,1H3,(H,16,19)(H,17,18). The van der Waals surface area contributed by atoms with E-state index < -0.39 is 0 Å². The van der Waals surface area contributed by atoms with Gasteiger partial charge in [0.25, 0.3) is 5.91 Å². The molecule has 5 heteroatoms. The highest BCUT2D eigenvalue weighted by molar-refractivity contribution is 7.99. The Kier molecular flexibility index (Phi) is 5.47. The monoisotopic (exact) mass is 292 g/mol. The molecule has 0 atom stereocenters. The second-order valence-electron chi connectivity index (χ2n) is 4.98. The molecule has 1 aromatic carbocycles. The van der Waals surface area contributed by atoms with Crippen LogP contribution in [0.5, 0.6) is 0 Å². The zero-order chi connectivity index (χ0) is 14.4. The molecule has 2 rings (SSSR count). The molecule has 20 heavy (non-hydrogen) atoms. The molecule has 1 saturated carbocycles. The van der Waals surface area contributed by atoms with Gasteiger partial charge in [0.1, 0.15) is 0 Å². The zero-order valence-electron chi connectivity index (χ0n) is 11.6. The molecule has 0 spiro atoms. The number of amides is 2. The van der Waals surface area contributed by atoms with Crippen LogP contribution < -0.4 is 10.6 Å². The van der Waals surface area contributed by atoms with Crippen molar-refractivity contribution >= 4 is 29.3 Å². The normalized spacial score (nSPS) is 15.1. The van der Waals surface area contributed by atoms with Crippen molar-refractivity contribution in [3.8, 4) is 0 Å². The molecule has 1 aromatic rings. The van der Waals surface area contributed by atoms with Crippen molar-refractivity contribution in [2.75, 3.05) is 17.3 Å². The number of carbonyl (C=O) groups is 2. The van der Waals surface area contributed by atoms with Crippen molar-refractivity contribution < 1.29 is 9.59 Å². The number of rotatable bonds is 5. The van der Waals surface area contributed by atoms with Crippen LogP contribution in [0.25, 0.3) is 0 Å². The Morgan fingerprint density at radius 2 is 1.95 bits per heavy atom. The van der Waals surface area contributed by atoms with Crippen LogP contribution in [0.3, 0.4) is 0 Å². The van der Waals surface area contributed by atoms with Crippen LogP contribution in [0, 0.1) is 0 Å². The van der Waals surface area contributed by atoms with E-state index >= 15 is 0 Å². The fourth-order valence-electron chi connectivity index (χ4n) is 2.44. The summed E-state index contributed by atoms with van der Waals surface area (Å²) in [4.78, 5) is 24.0. The van der Waals surface area contributed by atoms with Crippen LogP contribution in [0.15, 0.2) is 24.3 Å². The van der Waals surface area contributed by atoms with Crippen molar-refractivity contribution in [2.45, 2.75) is 31.7 Å². The van der Waals surface area contributed by atoms with Gasteiger partial charge in [-0.2, -0.15) is 11.8 Å². The second kappa shape index (κ2) is 7.33. The Labute approximate surface area is 123 Å². The van der Waals surface area contributed by atoms with Gasteiger partial charge in [-0.1, -0.05) is 25.0 Å². The molecule has 0 bridgehead atoms. The molecule has 0 aromatic heterocycles. The first-order valence-electron chi connectivity index (χ1n) is 6.89. The van der Waals surface area contributed by atoms with Gasteiger partial charge >= 0.3 is 0 Å². The number of thioether (sulfide) groups is 1. The van der Waals surface area contributed by atoms with Gasteiger partial charge in [-0.3, -0.25) is 9.59 Å². The van der Waals surface area contributed by atoms with E-state index in [-0.39, 0.29) is 17.9 Å². The van der Waals surface area contributed by atoms with Crippen molar-refractivity contribution in [3.63, 3.8) is 0 Å². The first-order valence-corrected chi connectivity index (χ1v) is 8.29. The third-order valence-corrected chi connectivity index (χ3v) is 3.96. The third kappa shape index (κ3) is 4.00. The minimum absolute atomic E-state index is 0.0846. The van der Waals surface area contributed by atoms with Gasteiger partial charge < -0.3 is 10.6 Å². The van der Waals surface area contributed by atoms with Crippen molar-refractivity contribution in [1.29, 1.82) is 0 Å². The molecular formula is C15H20N2O2S. The predicted molar refractivity (Wildman–Crippen MR) is 83.2 cm³/mol. The van der Waals surface area contributed by atoms with Crippen LogP contribution in [0.1, 0.15) is 36.0 Å². The molecule has 0 radical (unpaired) electrons. The molecule has 0 unspecified atom stereocenters. The molecular weight excluding hydrogens is 272 g/mol. The minimum Gasteiger partial charge on any atom is -0.349 e. The molecule has 0 heterocycles. The van der Waals surface area contributed by atoms with Crippen molar-refractivity contribution in [3.05, 3.63) is 29.8 Å². The molecule has 0 saturated heterocycles. The molecule has 4 nitrogen and oxygen atoms in total. The summed E-state index contributed by atoms with van der Waals surface area (Å²) in [7, 11) is 0. The van der Waals surface area contributed by atoms with Crippen LogP contribution in [-0.4, -0.2) is 29.9 Å². The SMILES string of the molecule is CSCC(=O)Nc1ccccc1C(=O)NC1CCCC1. The highest BCUT2D eigenvalue weighted by Crippen LogP contribution is 2.20. The number of carbonyl (C=O) groups excluding carboxylic acids is 2. The summed E-state index contributed by atoms with van der Waals surface area (Å²) in [5, 5.41) is 5.84. The minimum atomic E-state index is -0.100. The van der Waals surface area contributed by atoms with Gasteiger partial charge in [-0.15, -0.1) is 0 Å². The number of hydrogen-bond acceptors (Lipinski definition) is 3. The quantitative estimate of drug-likeness (QED) is 0.877. The summed E-state index contributed by atoms with van der Waals surface area (Å²) in [6.07, 6.45) is 6.33. The maximum Gasteiger partial charge on any atom is 0.253 e. The molecule has 108 valence electrons. The average Bonchev–Trinajstić information content (AvgIpc) is 2.92. The topological polar surface area (TPSA) is 58.2 Å². The Bertz CT molecular complexity index is 485. The van der Waals surface area contributed by atoms with Crippen molar-refractivity contribution in [2.24, 2.45) is 0 Å². The lowest BCUT2D eigenvalue weighted by Gasteiger charge is -2.14. The van der Waals surface area contributed by atoms with Gasteiger partial charge in [0.05, 0.1) is 17.0 Å². The molecule has 2 N–H and O–H groups in total. The number of hydrogen-bond donors (Lipinski definition) is 2. The summed E-state index contributed by atoms with van der Waals surface area (Å²) in [6, 6.07) is 7.42. The first kappa shape index (κ1) is 14.9. The Morgan fingerprint density at radius 3 is 2.65 bits per heavy atom. The third-order valence-electron chi connectivity index (χ3n) is 3.41. The van der Waals surface area contributed by atoms with E-state index in [0.717, 1.165) is 12.8 Å². The lowest BCUT2D eigenvalue weighted by molar-refractivity contribution is -0.113. The summed E-state index contributed by atoms with van der Waals surface area (Å²) in [5.74, 6) is 0.203. The lowest BCUT2D eigenvalue weighted by Crippen LogP contribution is -2.33. The fraction of sp³-hybridized carbons (Fsp3) is 0.467. The first-order chi connectivity index (χ1) is 9.70. The van der Waals surface area contributed by atoms with Crippen LogP contribution in [0.2, 0.25) is 0 Å². The fourth-order valence-corrected chi connectivity index (χ4v) is 2.78. The van der Waals surface area contributed by atoms with Crippen LogP contribution >= 0.6 is 11.8 Å². The van der Waals surface area contributed by atoms with E-state index in [2.05, 4.69) is 10.6 Å². The molecule has 1 aliphatic rings. The average molecular weight is 292 g/mol. The predicted octanol–water partition coefficient (Wildman–Crippen LogP) is 2.66. The largest absolute Gasteiger partial charge is 0.349 e. The maximum absolute atomic E-state index is 12.3. The Hall–Kier alpha value is -1.49. The number of anilines is 1. The molecule has 1 aliphatic carbocycles. The van der Waals surface area contributed by atoms with Gasteiger partial charge in [0.2, 0.25) is 5.91 Å². The molecule has 0 aliphatic heterocycles. The molecule has 2 amide bonds. The number of benzene rings is 1. The number of para-hydroxylation sites is 1. The summed E-state index contributed by atoms with van der Waals surface area (Å²) in [6.45, 7) is 0. The van der Waals surface area contributed by atoms with Crippen LogP contribution in [-0.2, 0) is 4.79 Å². The van der Waals surface area contributed by atoms with E-state index in [1.165, 1.54) is 24.6 Å². The van der Waals surface area contributed by atoms with E-state index in [1.54, 1.807) is 12.1 Å². The number of nitrogens with one attached hydrogen (secondary N) is 2. The highest BCUT2D eigenvalue weighted by atomic mass is 32.2. The van der Waals surface area contributed by atoms with Crippen molar-refractivity contribution in [1.82, 2.24) is 5.32 Å². The highest BCUT2D eigenvalue weighted by Gasteiger charge is 2.19. The van der Waals surface area contributed by atoms with E-state index in [0.29, 0.717) is 17.0 Å². The smallest absolute Gasteiger partial charge is 0.253 e. The maximum atomic E-state index is 12.3. The Balaban J connectivity index is 2.06. The Morgan fingerprint density at radius 1 is 1.25 bits per heavy atom. The zero-order valence-corrected chi connectivity index (χ0v) is 12.5. The second-order valence-corrected chi connectivity index (χ2v) is 5.85. The summed E-state index contributed by atoms with van der Waals surface area (Å²) < 4.78 is 0.